The predicted octanol–water partition coefficient (Wildman–Crippen LogP) is 3.09. The van der Waals surface area contributed by atoms with E-state index in [0.717, 1.165) is 50.1 Å². The monoisotopic (exact) mass is 493 g/mol. The zero-order chi connectivity index (χ0) is 19.5. The van der Waals surface area contributed by atoms with Crippen molar-refractivity contribution in [3.05, 3.63) is 11.6 Å². The van der Waals surface area contributed by atoms with E-state index < -0.39 is 0 Å². The summed E-state index contributed by atoms with van der Waals surface area (Å²) in [5, 5.41) is 15.2. The number of nitrogens with one attached hydrogen (secondary N) is 2. The van der Waals surface area contributed by atoms with Gasteiger partial charge in [-0.2, -0.15) is 0 Å². The Hall–Kier alpha value is -0.900. The lowest BCUT2D eigenvalue weighted by Crippen LogP contribution is -2.41. The molecule has 8 heteroatoms. The van der Waals surface area contributed by atoms with Crippen molar-refractivity contribution in [2.45, 2.75) is 79.4 Å². The van der Waals surface area contributed by atoms with E-state index in [1.165, 1.54) is 6.42 Å². The molecule has 0 bridgehead atoms. The first kappa shape index (κ1) is 26.1. The Morgan fingerprint density at radius 3 is 2.15 bits per heavy atom. The van der Waals surface area contributed by atoms with Crippen LogP contribution in [0.5, 0.6) is 0 Å². The van der Waals surface area contributed by atoms with E-state index in [1.54, 1.807) is 0 Å². The molecule has 1 heterocycles. The molecule has 0 saturated carbocycles. The number of aliphatic imine (C=N–C) groups is 1. The largest absolute Gasteiger partial charge is 0.356 e. The SMILES string of the molecule is CCCCNC(=NCc1nnc(C)n1C)NCCCN(C(C)C)C(C)C.I. The molecule has 0 atom stereocenters. The first-order chi connectivity index (χ1) is 12.4. The van der Waals surface area contributed by atoms with Crippen LogP contribution in [0, 0.1) is 6.92 Å². The van der Waals surface area contributed by atoms with Crippen molar-refractivity contribution >= 4 is 29.9 Å². The third kappa shape index (κ3) is 9.73. The molecule has 0 aliphatic heterocycles. The summed E-state index contributed by atoms with van der Waals surface area (Å²) in [5.41, 5.74) is 0. The minimum Gasteiger partial charge on any atom is -0.356 e. The van der Waals surface area contributed by atoms with Crippen LogP contribution in [0.2, 0.25) is 0 Å². The highest BCUT2D eigenvalue weighted by molar-refractivity contribution is 14.0. The molecule has 2 N–H and O–H groups in total. The van der Waals surface area contributed by atoms with E-state index in [4.69, 9.17) is 0 Å². The Bertz CT molecular complexity index is 532. The van der Waals surface area contributed by atoms with Crippen molar-refractivity contribution in [1.29, 1.82) is 0 Å². The fourth-order valence-corrected chi connectivity index (χ4v) is 2.88. The highest BCUT2D eigenvalue weighted by Crippen LogP contribution is 2.05. The minimum atomic E-state index is 0. The molecule has 0 fully saturated rings. The van der Waals surface area contributed by atoms with Crippen LogP contribution in [-0.4, -0.2) is 57.3 Å². The van der Waals surface area contributed by atoms with Crippen LogP contribution in [-0.2, 0) is 13.6 Å². The predicted molar refractivity (Wildman–Crippen MR) is 125 cm³/mol. The molecule has 0 aliphatic carbocycles. The number of aryl methyl sites for hydroxylation is 1. The van der Waals surface area contributed by atoms with Crippen molar-refractivity contribution in [2.24, 2.45) is 12.0 Å². The van der Waals surface area contributed by atoms with E-state index in [0.29, 0.717) is 18.6 Å². The molecule has 1 rings (SSSR count). The highest BCUT2D eigenvalue weighted by Gasteiger charge is 2.12. The molecule has 0 aromatic carbocycles. The van der Waals surface area contributed by atoms with Crippen molar-refractivity contribution in [2.75, 3.05) is 19.6 Å². The Morgan fingerprint density at radius 2 is 1.67 bits per heavy atom. The Balaban J connectivity index is 0.00000676. The maximum absolute atomic E-state index is 4.68. The van der Waals surface area contributed by atoms with Crippen molar-refractivity contribution in [3.8, 4) is 0 Å². The van der Waals surface area contributed by atoms with Gasteiger partial charge in [0, 0.05) is 38.8 Å². The normalized spacial score (nSPS) is 12.0. The van der Waals surface area contributed by atoms with Gasteiger partial charge in [-0.3, -0.25) is 4.90 Å². The topological polar surface area (TPSA) is 70.4 Å². The molecule has 0 radical (unpaired) electrons. The van der Waals surface area contributed by atoms with E-state index in [9.17, 15) is 0 Å². The van der Waals surface area contributed by atoms with E-state index in [2.05, 4.69) is 65.3 Å². The maximum atomic E-state index is 4.68. The number of nitrogens with zero attached hydrogens (tertiary/aromatic N) is 5. The van der Waals surface area contributed by atoms with Gasteiger partial charge >= 0.3 is 0 Å². The summed E-state index contributed by atoms with van der Waals surface area (Å²) in [7, 11) is 1.98. The van der Waals surface area contributed by atoms with Gasteiger partial charge in [0.2, 0.25) is 0 Å². The molecule has 0 amide bonds. The molecule has 0 saturated heterocycles. The summed E-state index contributed by atoms with van der Waals surface area (Å²) in [6.07, 6.45) is 3.40. The molecule has 27 heavy (non-hydrogen) atoms. The number of hydrogen-bond donors (Lipinski definition) is 2. The Labute approximate surface area is 182 Å². The van der Waals surface area contributed by atoms with Crippen LogP contribution >= 0.6 is 24.0 Å². The summed E-state index contributed by atoms with van der Waals surface area (Å²) in [6.45, 7) is 16.6. The first-order valence-corrected chi connectivity index (χ1v) is 9.99. The van der Waals surface area contributed by atoms with Gasteiger partial charge in [0.1, 0.15) is 12.4 Å². The summed E-state index contributed by atoms with van der Waals surface area (Å²) in [4.78, 5) is 7.20. The van der Waals surface area contributed by atoms with Gasteiger partial charge in [0.15, 0.2) is 11.8 Å². The third-order valence-electron chi connectivity index (χ3n) is 4.60. The second-order valence-corrected chi connectivity index (χ2v) is 7.37. The molecule has 0 aliphatic rings. The lowest BCUT2D eigenvalue weighted by atomic mass is 10.2. The van der Waals surface area contributed by atoms with Gasteiger partial charge in [-0.25, -0.2) is 4.99 Å². The van der Waals surface area contributed by atoms with Gasteiger partial charge in [0.05, 0.1) is 0 Å². The van der Waals surface area contributed by atoms with Crippen LogP contribution in [0.1, 0.15) is 65.5 Å². The van der Waals surface area contributed by atoms with E-state index in [1.807, 2.05) is 18.5 Å². The lowest BCUT2D eigenvalue weighted by Gasteiger charge is -2.30. The van der Waals surface area contributed by atoms with Gasteiger partial charge in [-0.05, 0) is 47.5 Å². The Kier molecular flexibility index (Phi) is 13.7. The van der Waals surface area contributed by atoms with Gasteiger partial charge in [0.25, 0.3) is 0 Å². The molecule has 1 aromatic rings. The molecule has 0 spiro atoms. The third-order valence-corrected chi connectivity index (χ3v) is 4.60. The average molecular weight is 493 g/mol. The number of aromatic nitrogens is 3. The summed E-state index contributed by atoms with van der Waals surface area (Å²) >= 11 is 0. The molecular weight excluding hydrogens is 453 g/mol. The summed E-state index contributed by atoms with van der Waals surface area (Å²) < 4.78 is 1.98. The minimum absolute atomic E-state index is 0. The molecule has 0 unspecified atom stereocenters. The van der Waals surface area contributed by atoms with Gasteiger partial charge in [-0.15, -0.1) is 34.2 Å². The Morgan fingerprint density at radius 1 is 1.07 bits per heavy atom. The van der Waals surface area contributed by atoms with Crippen molar-refractivity contribution in [1.82, 2.24) is 30.3 Å². The van der Waals surface area contributed by atoms with Gasteiger partial charge in [-0.1, -0.05) is 13.3 Å². The highest BCUT2D eigenvalue weighted by atomic mass is 127. The number of rotatable bonds is 11. The van der Waals surface area contributed by atoms with E-state index >= 15 is 0 Å². The van der Waals surface area contributed by atoms with Crippen LogP contribution in [0.25, 0.3) is 0 Å². The fourth-order valence-electron chi connectivity index (χ4n) is 2.88. The molecule has 1 aromatic heterocycles. The fraction of sp³-hybridized carbons (Fsp3) is 0.842. The van der Waals surface area contributed by atoms with Crippen LogP contribution in [0.4, 0.5) is 0 Å². The molecule has 7 nitrogen and oxygen atoms in total. The van der Waals surface area contributed by atoms with Crippen LogP contribution in [0.3, 0.4) is 0 Å². The number of halogens is 1. The van der Waals surface area contributed by atoms with E-state index in [-0.39, 0.29) is 24.0 Å². The smallest absolute Gasteiger partial charge is 0.191 e. The van der Waals surface area contributed by atoms with Crippen LogP contribution in [0.15, 0.2) is 4.99 Å². The average Bonchev–Trinajstić information content (AvgIpc) is 2.90. The number of guanidine groups is 1. The number of hydrogen-bond acceptors (Lipinski definition) is 4. The van der Waals surface area contributed by atoms with Crippen molar-refractivity contribution in [3.63, 3.8) is 0 Å². The van der Waals surface area contributed by atoms with Gasteiger partial charge < -0.3 is 15.2 Å². The zero-order valence-corrected chi connectivity index (χ0v) is 20.6. The first-order valence-electron chi connectivity index (χ1n) is 9.99. The second kappa shape index (κ2) is 14.1. The van der Waals surface area contributed by atoms with Crippen molar-refractivity contribution < 1.29 is 0 Å². The standard InChI is InChI=1S/C19H39N7.HI/c1-8-9-11-20-19(22-14-18-24-23-17(6)25(18)7)21-12-10-13-26(15(2)3)16(4)5;/h15-16H,8-14H2,1-7H3,(H2,20,21,22);1H. The molecular formula is C19H40IN7. The molecule has 158 valence electrons. The summed E-state index contributed by atoms with van der Waals surface area (Å²) in [5.74, 6) is 2.65. The second-order valence-electron chi connectivity index (χ2n) is 7.37. The quantitative estimate of drug-likeness (QED) is 0.215. The lowest BCUT2D eigenvalue weighted by molar-refractivity contribution is 0.173. The van der Waals surface area contributed by atoms with Crippen LogP contribution < -0.4 is 10.6 Å². The zero-order valence-electron chi connectivity index (χ0n) is 18.2. The maximum Gasteiger partial charge on any atom is 0.191 e. The number of unbranched alkanes of at least 4 members (excludes halogenated alkanes) is 1. The summed E-state index contributed by atoms with van der Waals surface area (Å²) in [6, 6.07) is 1.15.